The largest absolute Gasteiger partial charge is 4.00 e. The minimum absolute atomic E-state index is 0. The molecule has 0 fully saturated rings. The Bertz CT molecular complexity index is 1420. The van der Waals surface area contributed by atoms with Crippen molar-refractivity contribution in [1.82, 2.24) is 0 Å². The first kappa shape index (κ1) is 39.5. The van der Waals surface area contributed by atoms with Gasteiger partial charge >= 0.3 is 18.6 Å². The molecule has 6 aromatic rings. The van der Waals surface area contributed by atoms with Gasteiger partial charge in [-0.25, -0.2) is 0 Å². The number of hydrogen-bond donors (Lipinski definition) is 0. The maximum Gasteiger partial charge on any atom is 4.00 e. The van der Waals surface area contributed by atoms with Crippen LogP contribution in [0.5, 0.6) is 0 Å². The topological polar surface area (TPSA) is 72.8 Å². The Labute approximate surface area is 294 Å². The molecule has 0 amide bonds. The molecule has 0 bridgehead atoms. The molecule has 0 heterocycles. The van der Waals surface area contributed by atoms with Crippen LogP contribution in [0, 0.1) is 0 Å². The van der Waals surface area contributed by atoms with Gasteiger partial charge in [-0.3, -0.25) is 0 Å². The number of nitrogens with zero attached hydrogens (tertiary/aromatic N) is 4. The van der Waals surface area contributed by atoms with Crippen molar-refractivity contribution in [2.24, 2.45) is 0 Å². The van der Waals surface area contributed by atoms with Crippen molar-refractivity contribution in [3.8, 4) is 0 Å². The molecule has 6 aromatic carbocycles. The molecular weight excluding hydrogens is 649 g/mol. The van der Waals surface area contributed by atoms with E-state index in [2.05, 4.69) is 10.6 Å². The zero-order valence-electron chi connectivity index (χ0n) is 27.5. The molecule has 237 valence electrons. The predicted octanol–water partition coefficient (Wildman–Crippen LogP) is 8.70. The van der Waals surface area contributed by atoms with Crippen molar-refractivity contribution >= 4 is 45.9 Å². The van der Waals surface area contributed by atoms with Gasteiger partial charge in [-0.2, -0.15) is 28.2 Å². The van der Waals surface area contributed by atoms with Crippen LogP contribution in [-0.2, 0) is 18.6 Å². The second-order valence-electron chi connectivity index (χ2n) is 10.2. The van der Waals surface area contributed by atoms with E-state index >= 15 is 0 Å². The minimum Gasteiger partial charge on any atom is -0.797 e. The maximum atomic E-state index is 11.5. The summed E-state index contributed by atoms with van der Waals surface area (Å²) in [6.07, 6.45) is 0. The van der Waals surface area contributed by atoms with Gasteiger partial charge < -0.3 is 21.0 Å². The van der Waals surface area contributed by atoms with Crippen molar-refractivity contribution in [2.75, 3.05) is 28.2 Å². The van der Waals surface area contributed by atoms with Crippen LogP contribution >= 0.6 is 14.1 Å². The zero-order valence-corrected chi connectivity index (χ0v) is 30.6. The van der Waals surface area contributed by atoms with Crippen LogP contribution in [0.2, 0.25) is 0 Å². The fourth-order valence-electron chi connectivity index (χ4n) is 4.76. The van der Waals surface area contributed by atoms with Gasteiger partial charge in [0.2, 0.25) is 0 Å². The van der Waals surface area contributed by atoms with Gasteiger partial charge in [0.05, 0.1) is 0 Å². The number of hydrogen-bond acceptors (Lipinski definition) is 0. The van der Waals surface area contributed by atoms with Gasteiger partial charge in [0.1, 0.15) is 0 Å². The molecule has 0 atom stereocenters. The fraction of sp³-hybridized carbons (Fsp3) is 0.100. The average molecular weight is 692 g/mol. The normalized spacial score (nSPS) is 10.3. The Balaban J connectivity index is 0.000000275. The summed E-state index contributed by atoms with van der Waals surface area (Å²) in [5.41, 5.74) is 0. The molecule has 0 unspecified atom stereocenters. The first-order valence-electron chi connectivity index (χ1n) is 15.0. The standard InChI is InChI=1S/2C18H15NP.2C2H6N.V/c2*19-20(16-10-4-1-5-11-16,17-12-6-2-7-13-17)18-14-8-3-9-15-18;2*1-3-2;/h2*1-15H;2*1-2H3;/q4*-1;+4. The molecule has 0 saturated carbocycles. The van der Waals surface area contributed by atoms with Crippen molar-refractivity contribution < 1.29 is 18.6 Å². The van der Waals surface area contributed by atoms with E-state index in [1.165, 1.54) is 0 Å². The second kappa shape index (κ2) is 21.2. The van der Waals surface area contributed by atoms with E-state index in [0.29, 0.717) is 0 Å². The molecule has 0 aliphatic heterocycles. The summed E-state index contributed by atoms with van der Waals surface area (Å²) in [4.78, 5) is 0. The van der Waals surface area contributed by atoms with E-state index in [9.17, 15) is 10.3 Å². The SMILES string of the molecule is C[N-]C.C[N-]C.[N-]=P(c1ccccc1)(c1ccccc1)c1ccccc1.[N-]=P(c1ccccc1)(c1ccccc1)c1ccccc1.[V+4]. The van der Waals surface area contributed by atoms with Crippen molar-refractivity contribution in [3.63, 3.8) is 0 Å². The first-order chi connectivity index (χ1) is 22.5. The van der Waals surface area contributed by atoms with E-state index < -0.39 is 14.1 Å². The van der Waals surface area contributed by atoms with Gasteiger partial charge in [0, 0.05) is 0 Å². The molecule has 6 rings (SSSR count). The predicted molar refractivity (Wildman–Crippen MR) is 207 cm³/mol. The summed E-state index contributed by atoms with van der Waals surface area (Å²) >= 11 is 0. The van der Waals surface area contributed by atoms with E-state index in [1.807, 2.05) is 182 Å². The molecule has 0 N–H and O–H groups in total. The monoisotopic (exact) mass is 691 g/mol. The summed E-state index contributed by atoms with van der Waals surface area (Å²) in [5, 5.41) is 36.0. The zero-order chi connectivity index (χ0) is 33.1. The summed E-state index contributed by atoms with van der Waals surface area (Å²) in [6, 6.07) is 59.7. The van der Waals surface area contributed by atoms with Gasteiger partial charge in [0.15, 0.2) is 0 Å². The summed E-state index contributed by atoms with van der Waals surface area (Å²) in [6.45, 7) is 0. The van der Waals surface area contributed by atoms with E-state index in [-0.39, 0.29) is 18.6 Å². The van der Waals surface area contributed by atoms with Crippen LogP contribution in [0.15, 0.2) is 182 Å². The third kappa shape index (κ3) is 10.6. The van der Waals surface area contributed by atoms with Gasteiger partial charge in [-0.1, -0.05) is 182 Å². The van der Waals surface area contributed by atoms with Gasteiger partial charge in [0.25, 0.3) is 0 Å². The molecule has 0 aliphatic rings. The van der Waals surface area contributed by atoms with Crippen LogP contribution in [0.1, 0.15) is 0 Å². The molecule has 1 radical (unpaired) electrons. The molecule has 47 heavy (non-hydrogen) atoms. The second-order valence-corrected chi connectivity index (χ2v) is 15.8. The smallest absolute Gasteiger partial charge is 0.797 e. The van der Waals surface area contributed by atoms with Gasteiger partial charge in [-0.15, -0.1) is 14.1 Å². The van der Waals surface area contributed by atoms with E-state index in [4.69, 9.17) is 0 Å². The van der Waals surface area contributed by atoms with Crippen LogP contribution in [0.3, 0.4) is 0 Å². The Morgan fingerprint density at radius 3 is 0.511 bits per heavy atom. The molecule has 0 aliphatic carbocycles. The van der Waals surface area contributed by atoms with E-state index in [0.717, 1.165) is 31.8 Å². The maximum absolute atomic E-state index is 11.5. The first-order valence-corrected chi connectivity index (χ1v) is 18.5. The Morgan fingerprint density at radius 2 is 0.404 bits per heavy atom. The summed E-state index contributed by atoms with van der Waals surface area (Å²) < 4.78 is 0. The molecule has 0 spiro atoms. The number of benzene rings is 6. The van der Waals surface area contributed by atoms with Crippen molar-refractivity contribution in [3.05, 3.63) is 203 Å². The van der Waals surface area contributed by atoms with Crippen molar-refractivity contribution in [1.29, 1.82) is 0 Å². The third-order valence-electron chi connectivity index (χ3n) is 6.78. The Morgan fingerprint density at radius 1 is 0.298 bits per heavy atom. The third-order valence-corrected chi connectivity index (χ3v) is 13.1. The average Bonchev–Trinajstić information content (AvgIpc) is 3.14. The molecule has 0 aromatic heterocycles. The Kier molecular flexibility index (Phi) is 17.8. The van der Waals surface area contributed by atoms with Crippen LogP contribution in [-0.4, -0.2) is 28.2 Å². The minimum atomic E-state index is -2.53. The van der Waals surface area contributed by atoms with Gasteiger partial charge in [-0.05, 0) is 31.8 Å². The summed E-state index contributed by atoms with van der Waals surface area (Å²) in [7, 11) is 1.95. The van der Waals surface area contributed by atoms with Crippen molar-refractivity contribution in [2.45, 2.75) is 0 Å². The fourth-order valence-corrected chi connectivity index (χ4v) is 10.2. The molecule has 4 nitrogen and oxygen atoms in total. The molecule has 7 heteroatoms. The molecule has 0 saturated heterocycles. The van der Waals surface area contributed by atoms with E-state index in [1.54, 1.807) is 28.2 Å². The van der Waals surface area contributed by atoms with Crippen LogP contribution in [0.25, 0.3) is 21.0 Å². The summed E-state index contributed by atoms with van der Waals surface area (Å²) in [5.74, 6) is 0. The van der Waals surface area contributed by atoms with Crippen LogP contribution in [0.4, 0.5) is 0 Å². The quantitative estimate of drug-likeness (QED) is 0.157. The Hall–Kier alpha value is -3.72. The molecular formula is C40H42N4P2V. The van der Waals surface area contributed by atoms with Crippen LogP contribution < -0.4 is 31.8 Å². The number of rotatable bonds is 6.